The Morgan fingerprint density at radius 2 is 2.36 bits per heavy atom. The third-order valence-electron chi connectivity index (χ3n) is 1.43. The number of carbonyl (C=O) groups excluding carboxylic acids is 1. The summed E-state index contributed by atoms with van der Waals surface area (Å²) in [6, 6.07) is 1.76. The number of amides is 1. The standard InChI is InChI=1S/C7H4BrN3OS2/c8-5-1-4(2-13-5)7(12)9-6-3-14-11-10-6/h1-3H,(H,9,12). The Morgan fingerprint density at radius 3 is 2.93 bits per heavy atom. The van der Waals surface area contributed by atoms with Gasteiger partial charge in [-0.05, 0) is 33.5 Å². The second-order valence-corrected chi connectivity index (χ2v) is 5.28. The van der Waals surface area contributed by atoms with E-state index in [2.05, 4.69) is 30.8 Å². The monoisotopic (exact) mass is 289 g/mol. The van der Waals surface area contributed by atoms with Crippen molar-refractivity contribution >= 4 is 50.5 Å². The highest BCUT2D eigenvalue weighted by Gasteiger charge is 2.08. The first-order valence-corrected chi connectivity index (χ1v) is 6.09. The lowest BCUT2D eigenvalue weighted by atomic mass is 10.3. The Morgan fingerprint density at radius 1 is 1.50 bits per heavy atom. The molecule has 7 heteroatoms. The smallest absolute Gasteiger partial charge is 0.257 e. The van der Waals surface area contributed by atoms with Gasteiger partial charge in [-0.15, -0.1) is 16.4 Å². The molecule has 0 radical (unpaired) electrons. The highest BCUT2D eigenvalue weighted by atomic mass is 79.9. The highest BCUT2D eigenvalue weighted by molar-refractivity contribution is 9.11. The van der Waals surface area contributed by atoms with Crippen molar-refractivity contribution < 1.29 is 4.79 Å². The normalized spacial score (nSPS) is 10.1. The van der Waals surface area contributed by atoms with Crippen LogP contribution in [0.4, 0.5) is 5.82 Å². The van der Waals surface area contributed by atoms with Crippen LogP contribution in [0.2, 0.25) is 0 Å². The number of nitrogens with one attached hydrogen (secondary N) is 1. The summed E-state index contributed by atoms with van der Waals surface area (Å²) >= 11 is 5.96. The number of halogens is 1. The molecule has 0 aliphatic heterocycles. The van der Waals surface area contributed by atoms with Crippen LogP contribution in [0.15, 0.2) is 20.6 Å². The molecule has 4 nitrogen and oxygen atoms in total. The maximum Gasteiger partial charge on any atom is 0.257 e. The Hall–Kier alpha value is -0.790. The molecule has 0 aliphatic carbocycles. The summed E-state index contributed by atoms with van der Waals surface area (Å²) in [5, 5.41) is 9.81. The summed E-state index contributed by atoms with van der Waals surface area (Å²) in [4.78, 5) is 11.5. The summed E-state index contributed by atoms with van der Waals surface area (Å²) in [6.45, 7) is 0. The zero-order valence-corrected chi connectivity index (χ0v) is 9.95. The lowest BCUT2D eigenvalue weighted by Crippen LogP contribution is -2.10. The fourth-order valence-corrected chi connectivity index (χ4v) is 2.36. The van der Waals surface area contributed by atoms with Crippen LogP contribution in [0.5, 0.6) is 0 Å². The van der Waals surface area contributed by atoms with Gasteiger partial charge in [-0.3, -0.25) is 4.79 Å². The molecule has 0 bridgehead atoms. The van der Waals surface area contributed by atoms with Gasteiger partial charge in [0, 0.05) is 5.38 Å². The van der Waals surface area contributed by atoms with Crippen molar-refractivity contribution in [2.24, 2.45) is 0 Å². The Labute approximate surface area is 96.3 Å². The molecule has 1 N–H and O–H groups in total. The largest absolute Gasteiger partial charge is 0.304 e. The van der Waals surface area contributed by atoms with Gasteiger partial charge in [0.15, 0.2) is 5.82 Å². The molecule has 0 spiro atoms. The maximum absolute atomic E-state index is 11.5. The van der Waals surface area contributed by atoms with E-state index in [1.165, 1.54) is 22.9 Å². The lowest BCUT2D eigenvalue weighted by molar-refractivity contribution is 0.102. The van der Waals surface area contributed by atoms with E-state index in [0.29, 0.717) is 11.4 Å². The third-order valence-corrected chi connectivity index (χ3v) is 3.44. The summed E-state index contributed by atoms with van der Waals surface area (Å²) in [7, 11) is 0. The fraction of sp³-hybridized carbons (Fsp3) is 0. The number of anilines is 1. The Bertz CT molecular complexity index is 439. The van der Waals surface area contributed by atoms with E-state index in [1.807, 2.05) is 0 Å². The van der Waals surface area contributed by atoms with Crippen LogP contribution >= 0.6 is 38.8 Å². The Kier molecular flexibility index (Phi) is 2.90. The molecule has 2 heterocycles. The molecular weight excluding hydrogens is 286 g/mol. The minimum Gasteiger partial charge on any atom is -0.304 e. The molecule has 0 saturated carbocycles. The topological polar surface area (TPSA) is 54.9 Å². The SMILES string of the molecule is O=C(Nc1csnn1)c1csc(Br)c1. The quantitative estimate of drug-likeness (QED) is 0.925. The molecule has 72 valence electrons. The van der Waals surface area contributed by atoms with Crippen LogP contribution < -0.4 is 5.32 Å². The van der Waals surface area contributed by atoms with Gasteiger partial charge in [0.1, 0.15) is 0 Å². The van der Waals surface area contributed by atoms with Crippen LogP contribution in [-0.2, 0) is 0 Å². The number of rotatable bonds is 2. The van der Waals surface area contributed by atoms with Gasteiger partial charge >= 0.3 is 0 Å². The minimum atomic E-state index is -0.167. The third kappa shape index (κ3) is 2.17. The second-order valence-electron chi connectivity index (χ2n) is 2.38. The molecule has 1 amide bonds. The van der Waals surface area contributed by atoms with Gasteiger partial charge in [0.2, 0.25) is 0 Å². The zero-order valence-electron chi connectivity index (χ0n) is 6.73. The van der Waals surface area contributed by atoms with E-state index < -0.39 is 0 Å². The summed E-state index contributed by atoms with van der Waals surface area (Å²) in [6.07, 6.45) is 0. The van der Waals surface area contributed by atoms with Gasteiger partial charge in [0.25, 0.3) is 5.91 Å². The van der Waals surface area contributed by atoms with Crippen LogP contribution in [0.25, 0.3) is 0 Å². The van der Waals surface area contributed by atoms with E-state index in [9.17, 15) is 4.79 Å². The predicted molar refractivity (Wildman–Crippen MR) is 59.9 cm³/mol. The van der Waals surface area contributed by atoms with Gasteiger partial charge in [-0.2, -0.15) is 0 Å². The van der Waals surface area contributed by atoms with Crippen molar-refractivity contribution in [2.45, 2.75) is 0 Å². The van der Waals surface area contributed by atoms with Crippen LogP contribution in [0.3, 0.4) is 0 Å². The number of carbonyl (C=O) groups is 1. The van der Waals surface area contributed by atoms with Crippen molar-refractivity contribution in [1.29, 1.82) is 0 Å². The lowest BCUT2D eigenvalue weighted by Gasteiger charge is -1.96. The molecular formula is C7H4BrN3OS2. The van der Waals surface area contributed by atoms with E-state index in [4.69, 9.17) is 0 Å². The second kappa shape index (κ2) is 4.16. The van der Waals surface area contributed by atoms with Gasteiger partial charge in [-0.25, -0.2) is 0 Å². The van der Waals surface area contributed by atoms with E-state index >= 15 is 0 Å². The van der Waals surface area contributed by atoms with Gasteiger partial charge < -0.3 is 5.32 Å². The molecule has 0 atom stereocenters. The van der Waals surface area contributed by atoms with Crippen LogP contribution in [-0.4, -0.2) is 15.5 Å². The molecule has 2 aromatic rings. The average Bonchev–Trinajstić information content (AvgIpc) is 2.75. The number of thiophene rings is 1. The van der Waals surface area contributed by atoms with Gasteiger partial charge in [0.05, 0.1) is 14.7 Å². The van der Waals surface area contributed by atoms with Crippen molar-refractivity contribution in [2.75, 3.05) is 5.32 Å². The molecule has 0 aliphatic rings. The molecule has 2 rings (SSSR count). The molecule has 0 saturated heterocycles. The molecule has 14 heavy (non-hydrogen) atoms. The van der Waals surface area contributed by atoms with Crippen molar-refractivity contribution in [3.63, 3.8) is 0 Å². The van der Waals surface area contributed by atoms with Crippen molar-refractivity contribution in [3.05, 3.63) is 26.2 Å². The molecule has 0 aromatic carbocycles. The average molecular weight is 290 g/mol. The predicted octanol–water partition coefficient (Wildman–Crippen LogP) is 2.61. The maximum atomic E-state index is 11.5. The Balaban J connectivity index is 2.10. The van der Waals surface area contributed by atoms with E-state index in [1.54, 1.807) is 16.8 Å². The minimum absolute atomic E-state index is 0.167. The van der Waals surface area contributed by atoms with E-state index in [-0.39, 0.29) is 5.91 Å². The summed E-state index contributed by atoms with van der Waals surface area (Å²) < 4.78 is 4.57. The molecule has 0 unspecified atom stereocenters. The number of aromatic nitrogens is 2. The van der Waals surface area contributed by atoms with E-state index in [0.717, 1.165) is 3.79 Å². The van der Waals surface area contributed by atoms with Crippen molar-refractivity contribution in [3.8, 4) is 0 Å². The highest BCUT2D eigenvalue weighted by Crippen LogP contribution is 2.21. The fourth-order valence-electron chi connectivity index (χ4n) is 0.837. The summed E-state index contributed by atoms with van der Waals surface area (Å²) in [5.74, 6) is 0.321. The number of hydrogen-bond donors (Lipinski definition) is 1. The number of hydrogen-bond acceptors (Lipinski definition) is 5. The first-order chi connectivity index (χ1) is 6.75. The van der Waals surface area contributed by atoms with Gasteiger partial charge in [-0.1, -0.05) is 4.49 Å². The van der Waals surface area contributed by atoms with Crippen LogP contribution in [0.1, 0.15) is 10.4 Å². The molecule has 0 fully saturated rings. The first-order valence-electron chi connectivity index (χ1n) is 3.58. The number of nitrogens with zero attached hydrogens (tertiary/aromatic N) is 2. The summed E-state index contributed by atoms with van der Waals surface area (Å²) in [5.41, 5.74) is 0.620. The first kappa shape index (κ1) is 9.75. The zero-order chi connectivity index (χ0) is 9.97. The van der Waals surface area contributed by atoms with Crippen LogP contribution in [0, 0.1) is 0 Å². The molecule has 2 aromatic heterocycles. The van der Waals surface area contributed by atoms with Crippen molar-refractivity contribution in [1.82, 2.24) is 9.59 Å².